The minimum atomic E-state index is -0.506. The summed E-state index contributed by atoms with van der Waals surface area (Å²) in [6, 6.07) is 23.3. The molecule has 3 aromatic carbocycles. The number of nitrogens with zero attached hydrogens (tertiary/aromatic N) is 1. The molecule has 1 heterocycles. The molecular formula is C27H26ClN3O3. The minimum absolute atomic E-state index is 0.0839. The van der Waals surface area contributed by atoms with Crippen molar-refractivity contribution in [3.63, 3.8) is 0 Å². The zero-order valence-electron chi connectivity index (χ0n) is 18.7. The minimum Gasteiger partial charge on any atom is -0.352 e. The molecule has 6 nitrogen and oxygen atoms in total. The van der Waals surface area contributed by atoms with Crippen LogP contribution >= 0.6 is 11.6 Å². The number of anilines is 1. The second kappa shape index (κ2) is 11.0. The topological polar surface area (TPSA) is 78.5 Å². The number of nitrogens with one attached hydrogen (secondary N) is 2. The summed E-state index contributed by atoms with van der Waals surface area (Å²) in [6.45, 7) is 1.10. The van der Waals surface area contributed by atoms with E-state index in [0.717, 1.165) is 29.8 Å². The predicted molar refractivity (Wildman–Crippen MR) is 133 cm³/mol. The van der Waals surface area contributed by atoms with Crippen LogP contribution in [0, 0.1) is 0 Å². The van der Waals surface area contributed by atoms with Crippen LogP contribution in [-0.4, -0.2) is 24.3 Å². The van der Waals surface area contributed by atoms with Gasteiger partial charge in [-0.15, -0.1) is 0 Å². The molecule has 7 heteroatoms. The fraction of sp³-hybridized carbons (Fsp3) is 0.222. The first-order valence-electron chi connectivity index (χ1n) is 11.3. The van der Waals surface area contributed by atoms with Gasteiger partial charge in [0.05, 0.1) is 23.0 Å². The maximum absolute atomic E-state index is 12.8. The molecule has 3 aromatic rings. The number of amides is 3. The van der Waals surface area contributed by atoms with Crippen molar-refractivity contribution in [2.75, 3.05) is 11.4 Å². The third-order valence-corrected chi connectivity index (χ3v) is 6.16. The molecule has 4 rings (SSSR count). The highest BCUT2D eigenvalue weighted by molar-refractivity contribution is 6.33. The van der Waals surface area contributed by atoms with Gasteiger partial charge in [-0.05, 0) is 41.8 Å². The van der Waals surface area contributed by atoms with Gasteiger partial charge in [0.2, 0.25) is 11.8 Å². The molecule has 0 aromatic heterocycles. The number of halogens is 1. The van der Waals surface area contributed by atoms with Gasteiger partial charge in [-0.1, -0.05) is 66.2 Å². The lowest BCUT2D eigenvalue weighted by molar-refractivity contribution is -0.121. The molecule has 0 radical (unpaired) electrons. The van der Waals surface area contributed by atoms with Gasteiger partial charge in [-0.2, -0.15) is 0 Å². The highest BCUT2D eigenvalue weighted by Gasteiger charge is 2.22. The summed E-state index contributed by atoms with van der Waals surface area (Å²) in [5, 5.41) is 6.22. The lowest BCUT2D eigenvalue weighted by atomic mass is 10.0. The van der Waals surface area contributed by atoms with Crippen LogP contribution in [0.5, 0.6) is 0 Å². The Morgan fingerprint density at radius 1 is 0.941 bits per heavy atom. The van der Waals surface area contributed by atoms with Crippen LogP contribution < -0.4 is 15.5 Å². The summed E-state index contributed by atoms with van der Waals surface area (Å²) in [4.78, 5) is 39.3. The second-order valence-corrected chi connectivity index (χ2v) is 8.62. The van der Waals surface area contributed by atoms with E-state index in [2.05, 4.69) is 10.6 Å². The van der Waals surface area contributed by atoms with Gasteiger partial charge in [0, 0.05) is 25.2 Å². The molecule has 0 unspecified atom stereocenters. The van der Waals surface area contributed by atoms with E-state index in [-0.39, 0.29) is 24.1 Å². The van der Waals surface area contributed by atoms with E-state index in [1.807, 2.05) is 54.6 Å². The van der Waals surface area contributed by atoms with Crippen molar-refractivity contribution in [1.29, 1.82) is 0 Å². The van der Waals surface area contributed by atoms with Crippen molar-refractivity contribution >= 4 is 35.0 Å². The van der Waals surface area contributed by atoms with Crippen LogP contribution in [0.25, 0.3) is 0 Å². The van der Waals surface area contributed by atoms with Crippen molar-refractivity contribution in [3.8, 4) is 0 Å². The molecule has 3 amide bonds. The second-order valence-electron chi connectivity index (χ2n) is 8.21. The fourth-order valence-electron chi connectivity index (χ4n) is 3.99. The SMILES string of the molecule is O=C(C[C@@H](NC(=O)c1ccccc1Cl)c1ccccc1)NCc1ccc(N2CCCC2=O)cc1. The number of hydrogen-bond acceptors (Lipinski definition) is 3. The van der Waals surface area contributed by atoms with E-state index in [1.54, 1.807) is 29.2 Å². The van der Waals surface area contributed by atoms with Crippen LogP contribution in [0.2, 0.25) is 5.02 Å². The number of hydrogen-bond donors (Lipinski definition) is 2. The Morgan fingerprint density at radius 2 is 1.65 bits per heavy atom. The molecule has 2 N–H and O–H groups in total. The molecule has 0 saturated carbocycles. The van der Waals surface area contributed by atoms with Gasteiger partial charge >= 0.3 is 0 Å². The molecule has 1 fully saturated rings. The first-order chi connectivity index (χ1) is 16.5. The van der Waals surface area contributed by atoms with Gasteiger partial charge in [-0.25, -0.2) is 0 Å². The number of carbonyl (C=O) groups excluding carboxylic acids is 3. The molecule has 1 aliphatic rings. The molecule has 1 saturated heterocycles. The van der Waals surface area contributed by atoms with Crippen molar-refractivity contribution in [1.82, 2.24) is 10.6 Å². The van der Waals surface area contributed by atoms with Gasteiger partial charge in [0.25, 0.3) is 5.91 Å². The molecule has 1 atom stereocenters. The Morgan fingerprint density at radius 3 is 2.32 bits per heavy atom. The molecule has 0 bridgehead atoms. The molecular weight excluding hydrogens is 450 g/mol. The molecule has 0 spiro atoms. The van der Waals surface area contributed by atoms with Gasteiger partial charge in [-0.3, -0.25) is 14.4 Å². The molecule has 1 aliphatic heterocycles. The fourth-order valence-corrected chi connectivity index (χ4v) is 4.21. The highest BCUT2D eigenvalue weighted by Crippen LogP contribution is 2.22. The van der Waals surface area contributed by atoms with Crippen molar-refractivity contribution in [2.24, 2.45) is 0 Å². The third-order valence-electron chi connectivity index (χ3n) is 5.83. The number of carbonyl (C=O) groups is 3. The lowest BCUT2D eigenvalue weighted by Gasteiger charge is -2.20. The zero-order valence-corrected chi connectivity index (χ0v) is 19.4. The third kappa shape index (κ3) is 5.83. The lowest BCUT2D eigenvalue weighted by Crippen LogP contribution is -2.33. The number of benzene rings is 3. The highest BCUT2D eigenvalue weighted by atomic mass is 35.5. The van der Waals surface area contributed by atoms with Gasteiger partial charge in [0.15, 0.2) is 0 Å². The van der Waals surface area contributed by atoms with Crippen LogP contribution in [0.4, 0.5) is 5.69 Å². The zero-order chi connectivity index (χ0) is 23.9. The number of rotatable bonds is 8. The van der Waals surface area contributed by atoms with E-state index in [1.165, 1.54) is 0 Å². The van der Waals surface area contributed by atoms with E-state index in [4.69, 9.17) is 11.6 Å². The standard InChI is InChI=1S/C27H26ClN3O3/c28-23-10-5-4-9-22(23)27(34)30-24(20-7-2-1-3-8-20)17-25(32)29-18-19-12-14-21(15-13-19)31-16-6-11-26(31)33/h1-5,7-10,12-15,24H,6,11,16-18H2,(H,29,32)(H,30,34)/t24-/m1/s1. The van der Waals surface area contributed by atoms with E-state index in [9.17, 15) is 14.4 Å². The van der Waals surface area contributed by atoms with Gasteiger partial charge < -0.3 is 15.5 Å². The van der Waals surface area contributed by atoms with E-state index < -0.39 is 6.04 Å². The quantitative estimate of drug-likeness (QED) is 0.498. The first kappa shape index (κ1) is 23.5. The van der Waals surface area contributed by atoms with Gasteiger partial charge in [0.1, 0.15) is 0 Å². The maximum atomic E-state index is 12.8. The predicted octanol–water partition coefficient (Wildman–Crippen LogP) is 4.64. The molecule has 34 heavy (non-hydrogen) atoms. The molecule has 0 aliphatic carbocycles. The summed E-state index contributed by atoms with van der Waals surface area (Å²) in [5.41, 5.74) is 3.00. The summed E-state index contributed by atoms with van der Waals surface area (Å²) in [5.74, 6) is -0.377. The Hall–Kier alpha value is -3.64. The van der Waals surface area contributed by atoms with Crippen LogP contribution in [-0.2, 0) is 16.1 Å². The summed E-state index contributed by atoms with van der Waals surface area (Å²) >= 11 is 6.17. The smallest absolute Gasteiger partial charge is 0.253 e. The summed E-state index contributed by atoms with van der Waals surface area (Å²) in [6.07, 6.45) is 1.56. The van der Waals surface area contributed by atoms with Crippen molar-refractivity contribution in [2.45, 2.75) is 31.8 Å². The Kier molecular flexibility index (Phi) is 7.60. The van der Waals surface area contributed by atoms with Crippen LogP contribution in [0.1, 0.15) is 46.8 Å². The summed E-state index contributed by atoms with van der Waals surface area (Å²) in [7, 11) is 0. The largest absolute Gasteiger partial charge is 0.352 e. The van der Waals surface area contributed by atoms with Crippen molar-refractivity contribution in [3.05, 3.63) is 101 Å². The normalized spacial score (nSPS) is 14.0. The average molecular weight is 476 g/mol. The first-order valence-corrected chi connectivity index (χ1v) is 11.7. The maximum Gasteiger partial charge on any atom is 0.253 e. The summed E-state index contributed by atoms with van der Waals surface area (Å²) < 4.78 is 0. The van der Waals surface area contributed by atoms with Crippen LogP contribution in [0.3, 0.4) is 0 Å². The van der Waals surface area contributed by atoms with E-state index >= 15 is 0 Å². The van der Waals surface area contributed by atoms with Crippen molar-refractivity contribution < 1.29 is 14.4 Å². The molecule has 174 valence electrons. The van der Waals surface area contributed by atoms with Crippen LogP contribution in [0.15, 0.2) is 78.9 Å². The Labute approximate surface area is 203 Å². The average Bonchev–Trinajstić information content (AvgIpc) is 3.29. The van der Waals surface area contributed by atoms with E-state index in [0.29, 0.717) is 23.6 Å². The monoisotopic (exact) mass is 475 g/mol. The Bertz CT molecular complexity index is 1170. The Balaban J connectivity index is 1.38.